The van der Waals surface area contributed by atoms with Gasteiger partial charge in [0.25, 0.3) is 0 Å². The lowest BCUT2D eigenvalue weighted by molar-refractivity contribution is -0.111. The molecule has 1 aromatic carbocycles. The van der Waals surface area contributed by atoms with Crippen LogP contribution in [0.2, 0.25) is 0 Å². The van der Waals surface area contributed by atoms with Crippen LogP contribution >= 0.6 is 0 Å². The zero-order valence-corrected chi connectivity index (χ0v) is 6.50. The van der Waals surface area contributed by atoms with E-state index in [1.54, 1.807) is 0 Å². The van der Waals surface area contributed by atoms with E-state index in [-0.39, 0.29) is 5.41 Å². The Morgan fingerprint density at radius 3 is 2.27 bits per heavy atom. The van der Waals surface area contributed by atoms with E-state index >= 15 is 0 Å². The third kappa shape index (κ3) is 0.881. The van der Waals surface area contributed by atoms with E-state index in [1.807, 2.05) is 37.3 Å². The molecule has 0 bridgehead atoms. The minimum Gasteiger partial charge on any atom is -0.299 e. The van der Waals surface area contributed by atoms with Gasteiger partial charge in [-0.3, -0.25) is 4.79 Å². The van der Waals surface area contributed by atoms with E-state index in [4.69, 9.17) is 0 Å². The standard InChI is InChI=1S/C10H10O/c1-10(7-9(10)11)8-5-3-2-4-6-8/h2-6H,7H2,1H3/t10-/m0/s1. The summed E-state index contributed by atoms with van der Waals surface area (Å²) in [5.74, 6) is 0.365. The molecule has 1 atom stereocenters. The number of benzene rings is 1. The van der Waals surface area contributed by atoms with E-state index in [0.29, 0.717) is 5.78 Å². The molecule has 0 heterocycles. The lowest BCUT2D eigenvalue weighted by Crippen LogP contribution is -2.02. The zero-order valence-electron chi connectivity index (χ0n) is 6.50. The third-order valence-electron chi connectivity index (χ3n) is 2.42. The van der Waals surface area contributed by atoms with Gasteiger partial charge >= 0.3 is 0 Å². The molecule has 1 nitrogen and oxygen atoms in total. The van der Waals surface area contributed by atoms with Gasteiger partial charge in [0, 0.05) is 6.42 Å². The van der Waals surface area contributed by atoms with Gasteiger partial charge in [0.05, 0.1) is 5.41 Å². The Balaban J connectivity index is 2.39. The van der Waals surface area contributed by atoms with Crippen LogP contribution in [0.1, 0.15) is 18.9 Å². The first kappa shape index (κ1) is 6.59. The van der Waals surface area contributed by atoms with Crippen LogP contribution in [0.3, 0.4) is 0 Å². The first-order valence-electron chi connectivity index (χ1n) is 3.82. The van der Waals surface area contributed by atoms with Gasteiger partial charge in [0.1, 0.15) is 5.78 Å². The van der Waals surface area contributed by atoms with Crippen molar-refractivity contribution in [3.63, 3.8) is 0 Å². The summed E-state index contributed by atoms with van der Waals surface area (Å²) < 4.78 is 0. The molecule has 0 amide bonds. The largest absolute Gasteiger partial charge is 0.299 e. The first-order chi connectivity index (χ1) is 5.23. The maximum Gasteiger partial charge on any atom is 0.144 e. The number of carbonyl (C=O) groups excluding carboxylic acids is 1. The van der Waals surface area contributed by atoms with E-state index in [9.17, 15) is 4.79 Å². The highest BCUT2D eigenvalue weighted by molar-refractivity contribution is 6.05. The summed E-state index contributed by atoms with van der Waals surface area (Å²) in [6, 6.07) is 9.97. The molecular weight excluding hydrogens is 136 g/mol. The van der Waals surface area contributed by atoms with Gasteiger partial charge in [0.2, 0.25) is 0 Å². The van der Waals surface area contributed by atoms with E-state index in [2.05, 4.69) is 0 Å². The van der Waals surface area contributed by atoms with Crippen molar-refractivity contribution in [2.75, 3.05) is 0 Å². The Hall–Kier alpha value is -1.11. The molecule has 1 aliphatic carbocycles. The van der Waals surface area contributed by atoms with Crippen LogP contribution in [0.4, 0.5) is 0 Å². The Morgan fingerprint density at radius 2 is 1.82 bits per heavy atom. The Kier molecular flexibility index (Phi) is 1.16. The second-order valence-electron chi connectivity index (χ2n) is 3.30. The minimum absolute atomic E-state index is 0.138. The summed E-state index contributed by atoms with van der Waals surface area (Å²) in [5.41, 5.74) is 1.02. The average molecular weight is 146 g/mol. The number of Topliss-reactive ketones (excluding diaryl/α,β-unsaturated/α-hetero) is 1. The fraction of sp³-hybridized carbons (Fsp3) is 0.300. The summed E-state index contributed by atoms with van der Waals surface area (Å²) in [6.45, 7) is 2.00. The molecule has 0 spiro atoms. The van der Waals surface area contributed by atoms with Crippen LogP contribution in [-0.2, 0) is 10.2 Å². The predicted octanol–water partition coefficient (Wildman–Crippen LogP) is 1.92. The Morgan fingerprint density at radius 1 is 1.27 bits per heavy atom. The summed E-state index contributed by atoms with van der Waals surface area (Å²) in [7, 11) is 0. The van der Waals surface area contributed by atoms with Crippen molar-refractivity contribution >= 4 is 5.78 Å². The molecule has 11 heavy (non-hydrogen) atoms. The zero-order chi connectivity index (χ0) is 7.90. The van der Waals surface area contributed by atoms with Crippen LogP contribution in [0.15, 0.2) is 30.3 Å². The molecule has 1 fully saturated rings. The SMILES string of the molecule is C[C@@]1(c2ccccc2)CC1=O. The minimum atomic E-state index is -0.138. The molecule has 1 saturated carbocycles. The van der Waals surface area contributed by atoms with Crippen molar-refractivity contribution in [3.05, 3.63) is 35.9 Å². The molecule has 0 aliphatic heterocycles. The maximum absolute atomic E-state index is 11.0. The topological polar surface area (TPSA) is 17.1 Å². The van der Waals surface area contributed by atoms with Gasteiger partial charge in [-0.05, 0) is 12.5 Å². The second kappa shape index (κ2) is 1.94. The molecule has 0 unspecified atom stereocenters. The van der Waals surface area contributed by atoms with Crippen molar-refractivity contribution in [3.8, 4) is 0 Å². The highest BCUT2D eigenvalue weighted by atomic mass is 16.1. The molecule has 1 aromatic rings. The monoisotopic (exact) mass is 146 g/mol. The van der Waals surface area contributed by atoms with Crippen LogP contribution in [0.25, 0.3) is 0 Å². The average Bonchev–Trinajstić information content (AvgIpc) is 2.64. The number of ketones is 1. The van der Waals surface area contributed by atoms with Crippen LogP contribution in [0.5, 0.6) is 0 Å². The van der Waals surface area contributed by atoms with Crippen molar-refractivity contribution in [2.45, 2.75) is 18.8 Å². The smallest absolute Gasteiger partial charge is 0.144 e. The Labute approximate surface area is 66.0 Å². The molecule has 0 N–H and O–H groups in total. The molecule has 0 radical (unpaired) electrons. The van der Waals surface area contributed by atoms with E-state index in [0.717, 1.165) is 12.0 Å². The maximum atomic E-state index is 11.0. The molecule has 2 rings (SSSR count). The molecule has 1 aliphatic rings. The fourth-order valence-corrected chi connectivity index (χ4v) is 1.35. The van der Waals surface area contributed by atoms with Crippen molar-refractivity contribution in [1.29, 1.82) is 0 Å². The molecular formula is C10H10O. The van der Waals surface area contributed by atoms with Gasteiger partial charge in [0.15, 0.2) is 0 Å². The number of carbonyl (C=O) groups is 1. The summed E-state index contributed by atoms with van der Waals surface area (Å²) >= 11 is 0. The predicted molar refractivity (Wildman–Crippen MR) is 43.4 cm³/mol. The number of hydrogen-bond acceptors (Lipinski definition) is 1. The van der Waals surface area contributed by atoms with Crippen molar-refractivity contribution < 1.29 is 4.79 Å². The lowest BCUT2D eigenvalue weighted by Gasteiger charge is -2.03. The van der Waals surface area contributed by atoms with E-state index in [1.165, 1.54) is 0 Å². The van der Waals surface area contributed by atoms with Crippen LogP contribution in [0, 0.1) is 0 Å². The fourth-order valence-electron chi connectivity index (χ4n) is 1.35. The third-order valence-corrected chi connectivity index (χ3v) is 2.42. The van der Waals surface area contributed by atoms with Gasteiger partial charge < -0.3 is 0 Å². The molecule has 0 aromatic heterocycles. The first-order valence-corrected chi connectivity index (χ1v) is 3.82. The van der Waals surface area contributed by atoms with E-state index < -0.39 is 0 Å². The van der Waals surface area contributed by atoms with Gasteiger partial charge in [-0.1, -0.05) is 30.3 Å². The highest BCUT2D eigenvalue weighted by Gasteiger charge is 2.50. The molecule has 0 saturated heterocycles. The second-order valence-corrected chi connectivity index (χ2v) is 3.30. The number of hydrogen-bond donors (Lipinski definition) is 0. The summed E-state index contributed by atoms with van der Waals surface area (Å²) in [5, 5.41) is 0. The van der Waals surface area contributed by atoms with Gasteiger partial charge in [-0.25, -0.2) is 0 Å². The molecule has 1 heteroatoms. The lowest BCUT2D eigenvalue weighted by atomic mass is 9.99. The summed E-state index contributed by atoms with van der Waals surface area (Å²) in [4.78, 5) is 11.0. The van der Waals surface area contributed by atoms with Gasteiger partial charge in [-0.15, -0.1) is 0 Å². The number of rotatable bonds is 1. The van der Waals surface area contributed by atoms with Crippen LogP contribution in [-0.4, -0.2) is 5.78 Å². The molecule has 56 valence electrons. The highest BCUT2D eigenvalue weighted by Crippen LogP contribution is 2.43. The van der Waals surface area contributed by atoms with Gasteiger partial charge in [-0.2, -0.15) is 0 Å². The normalized spacial score (nSPS) is 28.6. The Bertz CT molecular complexity index is 289. The summed E-state index contributed by atoms with van der Waals surface area (Å²) in [6.07, 6.45) is 0.719. The van der Waals surface area contributed by atoms with Crippen LogP contribution < -0.4 is 0 Å². The van der Waals surface area contributed by atoms with Crippen molar-refractivity contribution in [2.24, 2.45) is 0 Å². The quantitative estimate of drug-likeness (QED) is 0.591. The van der Waals surface area contributed by atoms with Crippen molar-refractivity contribution in [1.82, 2.24) is 0 Å².